The second-order valence-corrected chi connectivity index (χ2v) is 9.31. The van der Waals surface area contributed by atoms with Crippen LogP contribution >= 0.6 is 0 Å². The fourth-order valence-corrected chi connectivity index (χ4v) is 4.74. The first-order valence-corrected chi connectivity index (χ1v) is 12.2. The molecule has 0 aliphatic carbocycles. The van der Waals surface area contributed by atoms with Gasteiger partial charge in [-0.1, -0.05) is 42.5 Å². The molecule has 1 aliphatic heterocycles. The fourth-order valence-electron chi connectivity index (χ4n) is 4.74. The maximum Gasteiger partial charge on any atom is 0.257 e. The highest BCUT2D eigenvalue weighted by Crippen LogP contribution is 2.30. The Bertz CT molecular complexity index is 1530. The molecule has 2 N–H and O–H groups in total. The maximum atomic E-state index is 13.5. The Morgan fingerprint density at radius 1 is 1.03 bits per heavy atom. The van der Waals surface area contributed by atoms with Gasteiger partial charge in [-0.05, 0) is 61.2 Å². The quantitative estimate of drug-likeness (QED) is 0.357. The van der Waals surface area contributed by atoms with Crippen molar-refractivity contribution in [1.29, 1.82) is 0 Å². The number of nitrogens with one attached hydrogen (secondary N) is 2. The SMILES string of the molecule is Cc1cc2nc(-c3[nH]nc4c3CCN(C(=O)c3ccccc3OCc3ccccc3)C4)[nH]c2cc1C. The lowest BCUT2D eigenvalue weighted by Crippen LogP contribution is -2.36. The Kier molecular flexibility index (Phi) is 5.52. The minimum Gasteiger partial charge on any atom is -0.488 e. The summed E-state index contributed by atoms with van der Waals surface area (Å²) in [5, 5.41) is 7.72. The van der Waals surface area contributed by atoms with Crippen molar-refractivity contribution in [3.8, 4) is 17.3 Å². The summed E-state index contributed by atoms with van der Waals surface area (Å²) in [5.74, 6) is 1.32. The van der Waals surface area contributed by atoms with E-state index in [0.29, 0.717) is 37.4 Å². The number of carbonyl (C=O) groups excluding carboxylic acids is 1. The first kappa shape index (κ1) is 22.1. The predicted octanol–water partition coefficient (Wildman–Crippen LogP) is 5.35. The number of H-pyrrole nitrogens is 2. The van der Waals surface area contributed by atoms with Gasteiger partial charge in [-0.15, -0.1) is 0 Å². The molecule has 0 radical (unpaired) electrons. The summed E-state index contributed by atoms with van der Waals surface area (Å²) in [6, 6.07) is 21.6. The number of hydrogen-bond acceptors (Lipinski definition) is 4. The molecule has 0 bridgehead atoms. The number of rotatable bonds is 5. The largest absolute Gasteiger partial charge is 0.488 e. The van der Waals surface area contributed by atoms with Crippen molar-refractivity contribution in [1.82, 2.24) is 25.1 Å². The first-order valence-electron chi connectivity index (χ1n) is 12.2. The number of fused-ring (bicyclic) bond motifs is 2. The van der Waals surface area contributed by atoms with Crippen LogP contribution in [0.2, 0.25) is 0 Å². The summed E-state index contributed by atoms with van der Waals surface area (Å²) in [4.78, 5) is 23.6. The Labute approximate surface area is 209 Å². The number of amides is 1. The van der Waals surface area contributed by atoms with Crippen LogP contribution in [0.1, 0.15) is 38.3 Å². The van der Waals surface area contributed by atoms with Crippen molar-refractivity contribution in [2.45, 2.75) is 33.4 Å². The molecule has 0 spiro atoms. The van der Waals surface area contributed by atoms with Gasteiger partial charge in [0.15, 0.2) is 5.82 Å². The summed E-state index contributed by atoms with van der Waals surface area (Å²) in [5.41, 5.74) is 8.90. The third-order valence-corrected chi connectivity index (χ3v) is 6.90. The van der Waals surface area contributed by atoms with Crippen molar-refractivity contribution in [2.75, 3.05) is 6.54 Å². The lowest BCUT2D eigenvalue weighted by Gasteiger charge is -2.27. The first-order chi connectivity index (χ1) is 17.6. The molecular formula is C29H27N5O2. The van der Waals surface area contributed by atoms with Gasteiger partial charge in [-0.2, -0.15) is 5.10 Å². The highest BCUT2D eigenvalue weighted by Gasteiger charge is 2.28. The van der Waals surface area contributed by atoms with Crippen molar-refractivity contribution in [3.63, 3.8) is 0 Å². The van der Waals surface area contributed by atoms with Crippen LogP contribution in [0, 0.1) is 13.8 Å². The molecule has 5 aromatic rings. The number of imidazole rings is 1. The Morgan fingerprint density at radius 2 is 1.81 bits per heavy atom. The summed E-state index contributed by atoms with van der Waals surface area (Å²) < 4.78 is 6.03. The molecule has 1 amide bonds. The van der Waals surface area contributed by atoms with E-state index in [4.69, 9.17) is 9.72 Å². The molecular weight excluding hydrogens is 450 g/mol. The van der Waals surface area contributed by atoms with E-state index in [2.05, 4.69) is 41.2 Å². The highest BCUT2D eigenvalue weighted by atomic mass is 16.5. The average molecular weight is 478 g/mol. The molecule has 7 nitrogen and oxygen atoms in total. The molecule has 0 atom stereocenters. The van der Waals surface area contributed by atoms with Crippen LogP contribution < -0.4 is 4.74 Å². The van der Waals surface area contributed by atoms with E-state index in [1.165, 1.54) is 11.1 Å². The van der Waals surface area contributed by atoms with Crippen molar-refractivity contribution in [2.24, 2.45) is 0 Å². The number of benzene rings is 3. The molecule has 0 unspecified atom stereocenters. The van der Waals surface area contributed by atoms with Gasteiger partial charge in [0.25, 0.3) is 5.91 Å². The van der Waals surface area contributed by atoms with Gasteiger partial charge in [0, 0.05) is 12.1 Å². The molecule has 0 saturated carbocycles. The van der Waals surface area contributed by atoms with Crippen LogP contribution in [-0.2, 0) is 19.6 Å². The standard InChI is InChI=1S/C29H27N5O2/c1-18-14-23-24(15-19(18)2)31-28(30-23)27-21-12-13-34(16-25(21)32-33-27)29(35)22-10-6-7-11-26(22)36-17-20-8-4-3-5-9-20/h3-11,14-15H,12-13,16-17H2,1-2H3,(H,30,31)(H,32,33). The number of para-hydroxylation sites is 1. The lowest BCUT2D eigenvalue weighted by molar-refractivity contribution is 0.0727. The van der Waals surface area contributed by atoms with E-state index in [9.17, 15) is 4.79 Å². The Morgan fingerprint density at radius 3 is 2.67 bits per heavy atom. The van der Waals surface area contributed by atoms with E-state index in [0.717, 1.165) is 39.4 Å². The van der Waals surface area contributed by atoms with Crippen molar-refractivity contribution >= 4 is 16.9 Å². The van der Waals surface area contributed by atoms with Gasteiger partial charge in [-0.25, -0.2) is 4.98 Å². The zero-order valence-corrected chi connectivity index (χ0v) is 20.3. The van der Waals surface area contributed by atoms with Crippen LogP contribution in [0.3, 0.4) is 0 Å². The molecule has 2 aromatic heterocycles. The second kappa shape index (κ2) is 9.00. The smallest absolute Gasteiger partial charge is 0.257 e. The maximum absolute atomic E-state index is 13.5. The van der Waals surface area contributed by atoms with Gasteiger partial charge in [-0.3, -0.25) is 9.89 Å². The second-order valence-electron chi connectivity index (χ2n) is 9.31. The monoisotopic (exact) mass is 477 g/mol. The van der Waals surface area contributed by atoms with Crippen LogP contribution in [0.25, 0.3) is 22.6 Å². The number of carbonyl (C=O) groups is 1. The van der Waals surface area contributed by atoms with Crippen LogP contribution in [-0.4, -0.2) is 37.5 Å². The molecule has 1 aliphatic rings. The minimum atomic E-state index is -0.0523. The molecule has 3 heterocycles. The van der Waals surface area contributed by atoms with E-state index in [1.807, 2.05) is 59.5 Å². The highest BCUT2D eigenvalue weighted by molar-refractivity contribution is 5.97. The third kappa shape index (κ3) is 4.02. The van der Waals surface area contributed by atoms with Crippen molar-refractivity contribution in [3.05, 3.63) is 100 Å². The molecule has 0 fully saturated rings. The van der Waals surface area contributed by atoms with Gasteiger partial charge in [0.05, 0.1) is 28.8 Å². The summed E-state index contributed by atoms with van der Waals surface area (Å²) in [6.45, 7) is 5.65. The summed E-state index contributed by atoms with van der Waals surface area (Å²) in [7, 11) is 0. The number of hydrogen-bond donors (Lipinski definition) is 2. The normalized spacial score (nSPS) is 13.1. The minimum absolute atomic E-state index is 0.0523. The average Bonchev–Trinajstić information content (AvgIpc) is 3.51. The summed E-state index contributed by atoms with van der Waals surface area (Å²) in [6.07, 6.45) is 0.703. The molecule has 180 valence electrons. The number of nitrogens with zero attached hydrogens (tertiary/aromatic N) is 3. The van der Waals surface area contributed by atoms with E-state index >= 15 is 0 Å². The molecule has 6 rings (SSSR count). The van der Waals surface area contributed by atoms with Gasteiger partial charge in [0.1, 0.15) is 18.1 Å². The zero-order valence-electron chi connectivity index (χ0n) is 20.3. The van der Waals surface area contributed by atoms with Crippen LogP contribution in [0.5, 0.6) is 5.75 Å². The topological polar surface area (TPSA) is 86.9 Å². The van der Waals surface area contributed by atoms with E-state index in [-0.39, 0.29) is 5.91 Å². The lowest BCUT2D eigenvalue weighted by atomic mass is 10.0. The number of ether oxygens (including phenoxy) is 1. The van der Waals surface area contributed by atoms with Gasteiger partial charge >= 0.3 is 0 Å². The zero-order chi connectivity index (χ0) is 24.6. The molecule has 7 heteroatoms. The predicted molar refractivity (Wildman–Crippen MR) is 139 cm³/mol. The van der Waals surface area contributed by atoms with Crippen LogP contribution in [0.15, 0.2) is 66.7 Å². The van der Waals surface area contributed by atoms with E-state index < -0.39 is 0 Å². The molecule has 0 saturated heterocycles. The van der Waals surface area contributed by atoms with Gasteiger partial charge in [0.2, 0.25) is 0 Å². The number of aromatic amines is 2. The number of aromatic nitrogens is 4. The fraction of sp³-hybridized carbons (Fsp3) is 0.207. The Balaban J connectivity index is 1.22. The van der Waals surface area contributed by atoms with Gasteiger partial charge < -0.3 is 14.6 Å². The summed E-state index contributed by atoms with van der Waals surface area (Å²) >= 11 is 0. The van der Waals surface area contributed by atoms with Crippen LogP contribution in [0.4, 0.5) is 0 Å². The Hall–Kier alpha value is -4.39. The van der Waals surface area contributed by atoms with Crippen molar-refractivity contribution < 1.29 is 9.53 Å². The van der Waals surface area contributed by atoms with E-state index in [1.54, 1.807) is 0 Å². The number of aryl methyl sites for hydroxylation is 2. The molecule has 36 heavy (non-hydrogen) atoms. The third-order valence-electron chi connectivity index (χ3n) is 6.90. The molecule has 3 aromatic carbocycles.